The number of anilines is 1. The molecule has 1 aliphatic carbocycles. The van der Waals surface area contributed by atoms with Crippen LogP contribution in [0.5, 0.6) is 0 Å². The van der Waals surface area contributed by atoms with Crippen LogP contribution in [-0.4, -0.2) is 85.0 Å². The Bertz CT molecular complexity index is 935. The lowest BCUT2D eigenvalue weighted by atomic mass is 9.72. The van der Waals surface area contributed by atoms with Crippen molar-refractivity contribution in [2.75, 3.05) is 45.6 Å². The van der Waals surface area contributed by atoms with Gasteiger partial charge in [-0.1, -0.05) is 30.9 Å². The molecule has 2 saturated heterocycles. The fourth-order valence-corrected chi connectivity index (χ4v) is 5.93. The first-order valence-electron chi connectivity index (χ1n) is 12.4. The van der Waals surface area contributed by atoms with Crippen LogP contribution < -0.4 is 5.32 Å². The third-order valence-corrected chi connectivity index (χ3v) is 8.13. The van der Waals surface area contributed by atoms with Gasteiger partial charge in [-0.3, -0.25) is 14.5 Å². The Kier molecular flexibility index (Phi) is 7.57. The van der Waals surface area contributed by atoms with Crippen molar-refractivity contribution in [1.29, 1.82) is 0 Å². The number of amides is 2. The van der Waals surface area contributed by atoms with Gasteiger partial charge < -0.3 is 15.1 Å². The van der Waals surface area contributed by atoms with Crippen LogP contribution in [0.15, 0.2) is 18.2 Å². The summed E-state index contributed by atoms with van der Waals surface area (Å²) in [6.07, 6.45) is -1.57. The zero-order valence-electron chi connectivity index (χ0n) is 20.3. The van der Waals surface area contributed by atoms with Gasteiger partial charge in [0.1, 0.15) is 5.41 Å². The number of benzene rings is 1. The Morgan fingerprint density at radius 2 is 1.71 bits per heavy atom. The molecule has 2 heterocycles. The average molecular weight is 515 g/mol. The van der Waals surface area contributed by atoms with Crippen molar-refractivity contribution < 1.29 is 22.8 Å². The molecule has 1 aromatic rings. The largest absolute Gasteiger partial charge is 0.403 e. The van der Waals surface area contributed by atoms with Crippen molar-refractivity contribution in [2.45, 2.75) is 63.2 Å². The topological polar surface area (TPSA) is 55.9 Å². The van der Waals surface area contributed by atoms with Crippen LogP contribution in [0, 0.1) is 5.41 Å². The van der Waals surface area contributed by atoms with E-state index in [1.165, 1.54) is 9.80 Å². The Labute approximate surface area is 209 Å². The molecule has 35 heavy (non-hydrogen) atoms. The Morgan fingerprint density at radius 1 is 1.09 bits per heavy atom. The number of likely N-dealkylation sites (tertiary alicyclic amines) is 2. The summed E-state index contributed by atoms with van der Waals surface area (Å²) < 4.78 is 41.8. The average Bonchev–Trinajstić information content (AvgIpc) is 2.80. The highest BCUT2D eigenvalue weighted by atomic mass is 35.5. The van der Waals surface area contributed by atoms with Crippen molar-refractivity contribution in [3.8, 4) is 0 Å². The lowest BCUT2D eigenvalue weighted by Crippen LogP contribution is -2.61. The van der Waals surface area contributed by atoms with Gasteiger partial charge in [0.25, 0.3) is 5.91 Å². The lowest BCUT2D eigenvalue weighted by Gasteiger charge is -2.49. The first kappa shape index (κ1) is 26.1. The summed E-state index contributed by atoms with van der Waals surface area (Å²) in [6, 6.07) is 5.82. The van der Waals surface area contributed by atoms with E-state index in [0.29, 0.717) is 49.4 Å². The van der Waals surface area contributed by atoms with E-state index < -0.39 is 17.5 Å². The zero-order valence-corrected chi connectivity index (χ0v) is 21.1. The highest BCUT2D eigenvalue weighted by Gasteiger charge is 2.61. The monoisotopic (exact) mass is 514 g/mol. The molecule has 2 aliphatic heterocycles. The van der Waals surface area contributed by atoms with Crippen LogP contribution in [0.4, 0.5) is 18.9 Å². The first-order valence-corrected chi connectivity index (χ1v) is 12.8. The molecule has 0 atom stereocenters. The van der Waals surface area contributed by atoms with E-state index in [2.05, 4.69) is 10.2 Å². The highest BCUT2D eigenvalue weighted by molar-refractivity contribution is 6.34. The molecule has 0 unspecified atom stereocenters. The molecule has 1 N–H and O–H groups in total. The van der Waals surface area contributed by atoms with Crippen LogP contribution in [0.2, 0.25) is 5.02 Å². The predicted octanol–water partition coefficient (Wildman–Crippen LogP) is 4.64. The molecular weight excluding hydrogens is 481 g/mol. The van der Waals surface area contributed by atoms with Crippen LogP contribution in [0.3, 0.4) is 0 Å². The number of nitrogens with zero attached hydrogens (tertiary/aromatic N) is 3. The summed E-state index contributed by atoms with van der Waals surface area (Å²) in [4.78, 5) is 30.4. The van der Waals surface area contributed by atoms with Crippen molar-refractivity contribution in [3.63, 3.8) is 0 Å². The molecule has 0 spiro atoms. The molecule has 3 fully saturated rings. The van der Waals surface area contributed by atoms with E-state index >= 15 is 0 Å². The second-order valence-electron chi connectivity index (χ2n) is 10.4. The second-order valence-corrected chi connectivity index (χ2v) is 10.8. The maximum Gasteiger partial charge on any atom is 0.403 e. The fraction of sp³-hybridized carbons (Fsp3) is 0.680. The Balaban J connectivity index is 1.26. The third-order valence-electron chi connectivity index (χ3n) is 7.81. The maximum atomic E-state index is 13.9. The minimum atomic E-state index is -4.49. The van der Waals surface area contributed by atoms with Crippen LogP contribution in [0.1, 0.15) is 55.3 Å². The van der Waals surface area contributed by atoms with Crippen LogP contribution in [-0.2, 0) is 4.79 Å². The number of carbonyl (C=O) groups is 2. The molecule has 6 nitrogen and oxygen atoms in total. The number of alkyl halides is 3. The number of rotatable bonds is 5. The number of halogens is 4. The lowest BCUT2D eigenvalue weighted by molar-refractivity contribution is -0.236. The van der Waals surface area contributed by atoms with Gasteiger partial charge >= 0.3 is 6.18 Å². The van der Waals surface area contributed by atoms with Gasteiger partial charge in [0.2, 0.25) is 5.91 Å². The van der Waals surface area contributed by atoms with Crippen LogP contribution >= 0.6 is 11.6 Å². The summed E-state index contributed by atoms with van der Waals surface area (Å²) >= 11 is 6.30. The van der Waals surface area contributed by atoms with Gasteiger partial charge in [0.15, 0.2) is 0 Å². The molecule has 0 aromatic heterocycles. The molecule has 4 rings (SSSR count). The smallest absolute Gasteiger partial charge is 0.380 e. The minimum Gasteiger partial charge on any atom is -0.380 e. The Hall–Kier alpha value is -2.00. The quantitative estimate of drug-likeness (QED) is 0.622. The second kappa shape index (κ2) is 10.2. The van der Waals surface area contributed by atoms with Gasteiger partial charge in [-0.05, 0) is 43.9 Å². The van der Waals surface area contributed by atoms with E-state index in [1.807, 2.05) is 6.07 Å². The molecule has 1 saturated carbocycles. The number of piperidine rings is 1. The summed E-state index contributed by atoms with van der Waals surface area (Å²) in [5, 5.41) is 3.83. The van der Waals surface area contributed by atoms with E-state index in [-0.39, 0.29) is 30.8 Å². The SMILES string of the molecule is CN(C)C(=O)c1ccc(NC2CN(C3CCN(C(=O)C4(C(F)(F)F)CCCCC4)CC3)C2)cc1Cl. The molecule has 10 heteroatoms. The number of carbonyl (C=O) groups excluding carboxylic acids is 2. The summed E-state index contributed by atoms with van der Waals surface area (Å²) in [6.45, 7) is 2.40. The van der Waals surface area contributed by atoms with Gasteiger partial charge in [-0.15, -0.1) is 0 Å². The van der Waals surface area contributed by atoms with Gasteiger partial charge in [0.05, 0.1) is 16.6 Å². The minimum absolute atomic E-state index is 0.0803. The maximum absolute atomic E-state index is 13.9. The number of hydrogen-bond donors (Lipinski definition) is 1. The van der Waals surface area contributed by atoms with Gasteiger partial charge in [0, 0.05) is 52.0 Å². The van der Waals surface area contributed by atoms with Gasteiger partial charge in [-0.2, -0.15) is 13.2 Å². The van der Waals surface area contributed by atoms with E-state index in [9.17, 15) is 22.8 Å². The van der Waals surface area contributed by atoms with Crippen molar-refractivity contribution in [1.82, 2.24) is 14.7 Å². The first-order chi connectivity index (χ1) is 16.5. The number of nitrogens with one attached hydrogen (secondary N) is 1. The highest BCUT2D eigenvalue weighted by Crippen LogP contribution is 2.50. The normalized spacial score (nSPS) is 21.9. The molecule has 1 aromatic carbocycles. The molecule has 3 aliphatic rings. The van der Waals surface area contributed by atoms with Crippen molar-refractivity contribution in [3.05, 3.63) is 28.8 Å². The predicted molar refractivity (Wildman–Crippen MR) is 130 cm³/mol. The number of hydrogen-bond acceptors (Lipinski definition) is 4. The van der Waals surface area contributed by atoms with Crippen LogP contribution in [0.25, 0.3) is 0 Å². The third kappa shape index (κ3) is 5.26. The summed E-state index contributed by atoms with van der Waals surface area (Å²) in [5.74, 6) is -0.856. The van der Waals surface area contributed by atoms with E-state index in [0.717, 1.165) is 25.2 Å². The van der Waals surface area contributed by atoms with E-state index in [4.69, 9.17) is 11.6 Å². The Morgan fingerprint density at radius 3 is 2.26 bits per heavy atom. The van der Waals surface area contributed by atoms with Crippen molar-refractivity contribution in [2.24, 2.45) is 5.41 Å². The molecule has 194 valence electrons. The molecule has 0 bridgehead atoms. The molecule has 0 radical (unpaired) electrons. The van der Waals surface area contributed by atoms with Gasteiger partial charge in [-0.25, -0.2) is 0 Å². The summed E-state index contributed by atoms with van der Waals surface area (Å²) in [5.41, 5.74) is -0.878. The standard InChI is InChI=1S/C25H34ClF3N4O2/c1-31(2)22(34)20-7-6-17(14-21(20)26)30-18-15-33(16-18)19-8-12-32(13-9-19)23(35)24(25(27,28)29)10-4-3-5-11-24/h6-7,14,18-19,30H,3-5,8-13,15-16H2,1-2H3. The summed E-state index contributed by atoms with van der Waals surface area (Å²) in [7, 11) is 3.36. The van der Waals surface area contributed by atoms with Crippen molar-refractivity contribution >= 4 is 29.1 Å². The molecular formula is C25H34ClF3N4O2. The van der Waals surface area contributed by atoms with E-state index in [1.54, 1.807) is 26.2 Å². The fourth-order valence-electron chi connectivity index (χ4n) is 5.67. The molecule has 2 amide bonds. The zero-order chi connectivity index (χ0) is 25.4.